The first kappa shape index (κ1) is 7.98. The molecular formula is C7H15NO2. The summed E-state index contributed by atoms with van der Waals surface area (Å²) in [5.74, 6) is 0. The van der Waals surface area contributed by atoms with Crippen molar-refractivity contribution in [3.63, 3.8) is 0 Å². The van der Waals surface area contributed by atoms with Crippen LogP contribution in [0, 0.1) is 0 Å². The van der Waals surface area contributed by atoms with Crippen molar-refractivity contribution in [1.29, 1.82) is 0 Å². The molecule has 1 fully saturated rings. The predicted octanol–water partition coefficient (Wildman–Crippen LogP) is 0.311. The fraction of sp³-hybridized carbons (Fsp3) is 1.00. The van der Waals surface area contributed by atoms with Gasteiger partial charge >= 0.3 is 0 Å². The molecule has 0 aromatic rings. The van der Waals surface area contributed by atoms with Gasteiger partial charge in [-0.1, -0.05) is 0 Å². The van der Waals surface area contributed by atoms with E-state index in [9.17, 15) is 0 Å². The first-order valence-corrected chi connectivity index (χ1v) is 3.74. The first-order chi connectivity index (χ1) is 4.84. The summed E-state index contributed by atoms with van der Waals surface area (Å²) in [5.41, 5.74) is 0. The predicted molar refractivity (Wildman–Crippen MR) is 38.9 cm³/mol. The van der Waals surface area contributed by atoms with Crippen LogP contribution in [0.15, 0.2) is 0 Å². The molecule has 0 saturated carbocycles. The maximum absolute atomic E-state index is 5.40. The standard InChI is InChI=1S/C7H15NO2/c1-3-10-7-6-9-5-4-8(7)2/h7H,3-6H2,1-2H3. The second-order valence-electron chi connectivity index (χ2n) is 2.47. The van der Waals surface area contributed by atoms with Crippen LogP contribution >= 0.6 is 0 Å². The average Bonchev–Trinajstić information content (AvgIpc) is 1.94. The number of morpholine rings is 1. The van der Waals surface area contributed by atoms with Crippen molar-refractivity contribution in [2.45, 2.75) is 13.2 Å². The van der Waals surface area contributed by atoms with E-state index < -0.39 is 0 Å². The first-order valence-electron chi connectivity index (χ1n) is 3.74. The largest absolute Gasteiger partial charge is 0.376 e. The summed E-state index contributed by atoms with van der Waals surface area (Å²) in [6.45, 7) is 5.29. The van der Waals surface area contributed by atoms with Crippen molar-refractivity contribution in [3.8, 4) is 0 Å². The number of hydrogen-bond donors (Lipinski definition) is 0. The number of ether oxygens (including phenoxy) is 2. The number of rotatable bonds is 2. The molecule has 60 valence electrons. The molecule has 0 aromatic carbocycles. The Labute approximate surface area is 61.9 Å². The number of hydrogen-bond acceptors (Lipinski definition) is 3. The van der Waals surface area contributed by atoms with Crippen LogP contribution in [0.5, 0.6) is 0 Å². The molecule has 0 amide bonds. The molecule has 1 heterocycles. The Morgan fingerprint density at radius 3 is 3.10 bits per heavy atom. The van der Waals surface area contributed by atoms with Gasteiger partial charge in [-0.25, -0.2) is 0 Å². The quantitative estimate of drug-likeness (QED) is 0.558. The normalized spacial score (nSPS) is 28.8. The van der Waals surface area contributed by atoms with Crippen molar-refractivity contribution in [3.05, 3.63) is 0 Å². The molecule has 1 atom stereocenters. The maximum atomic E-state index is 5.40. The summed E-state index contributed by atoms with van der Waals surface area (Å²) in [4.78, 5) is 2.17. The molecule has 1 saturated heterocycles. The molecule has 1 aliphatic heterocycles. The van der Waals surface area contributed by atoms with E-state index >= 15 is 0 Å². The molecule has 0 N–H and O–H groups in total. The van der Waals surface area contributed by atoms with Gasteiger partial charge in [-0.2, -0.15) is 0 Å². The van der Waals surface area contributed by atoms with E-state index in [1.165, 1.54) is 0 Å². The lowest BCUT2D eigenvalue weighted by atomic mass is 10.4. The Morgan fingerprint density at radius 2 is 2.50 bits per heavy atom. The van der Waals surface area contributed by atoms with Crippen LogP contribution in [0.2, 0.25) is 0 Å². The van der Waals surface area contributed by atoms with Crippen molar-refractivity contribution in [2.75, 3.05) is 33.4 Å². The average molecular weight is 145 g/mol. The lowest BCUT2D eigenvalue weighted by molar-refractivity contribution is -0.126. The Kier molecular flexibility index (Phi) is 3.12. The van der Waals surface area contributed by atoms with Gasteiger partial charge in [0.05, 0.1) is 13.2 Å². The van der Waals surface area contributed by atoms with Gasteiger partial charge in [0.25, 0.3) is 0 Å². The van der Waals surface area contributed by atoms with E-state index in [1.54, 1.807) is 0 Å². The lowest BCUT2D eigenvalue weighted by Crippen LogP contribution is -2.44. The fourth-order valence-electron chi connectivity index (χ4n) is 1.03. The molecule has 0 aliphatic carbocycles. The molecule has 3 nitrogen and oxygen atoms in total. The third-order valence-corrected chi connectivity index (χ3v) is 1.70. The topological polar surface area (TPSA) is 21.7 Å². The van der Waals surface area contributed by atoms with Crippen LogP contribution in [-0.2, 0) is 9.47 Å². The van der Waals surface area contributed by atoms with E-state index in [4.69, 9.17) is 9.47 Å². The van der Waals surface area contributed by atoms with Gasteiger partial charge in [0.15, 0.2) is 0 Å². The lowest BCUT2D eigenvalue weighted by Gasteiger charge is -2.31. The smallest absolute Gasteiger partial charge is 0.134 e. The van der Waals surface area contributed by atoms with Gasteiger partial charge in [-0.3, -0.25) is 4.90 Å². The second kappa shape index (κ2) is 3.91. The Hall–Kier alpha value is -0.120. The van der Waals surface area contributed by atoms with Crippen molar-refractivity contribution < 1.29 is 9.47 Å². The van der Waals surface area contributed by atoms with Gasteiger partial charge in [0.2, 0.25) is 0 Å². The van der Waals surface area contributed by atoms with E-state index in [2.05, 4.69) is 11.9 Å². The third kappa shape index (κ3) is 1.94. The fourth-order valence-corrected chi connectivity index (χ4v) is 1.03. The van der Waals surface area contributed by atoms with E-state index in [0.717, 1.165) is 19.8 Å². The molecule has 0 spiro atoms. The molecule has 3 heteroatoms. The van der Waals surface area contributed by atoms with Gasteiger partial charge < -0.3 is 9.47 Å². The Bertz CT molecular complexity index is 95.6. The van der Waals surface area contributed by atoms with E-state index in [0.29, 0.717) is 6.61 Å². The van der Waals surface area contributed by atoms with Crippen LogP contribution < -0.4 is 0 Å². The van der Waals surface area contributed by atoms with Gasteiger partial charge in [-0.05, 0) is 14.0 Å². The monoisotopic (exact) mass is 145 g/mol. The molecule has 0 aromatic heterocycles. The molecule has 1 unspecified atom stereocenters. The van der Waals surface area contributed by atoms with Gasteiger partial charge in [0, 0.05) is 13.2 Å². The number of likely N-dealkylation sites (N-methyl/N-ethyl adjacent to an activating group) is 1. The van der Waals surface area contributed by atoms with Gasteiger partial charge in [-0.15, -0.1) is 0 Å². The molecular weight excluding hydrogens is 130 g/mol. The molecule has 1 rings (SSSR count). The summed E-state index contributed by atoms with van der Waals surface area (Å²) < 4.78 is 10.6. The third-order valence-electron chi connectivity index (χ3n) is 1.70. The van der Waals surface area contributed by atoms with Crippen LogP contribution in [0.25, 0.3) is 0 Å². The van der Waals surface area contributed by atoms with Crippen molar-refractivity contribution in [2.24, 2.45) is 0 Å². The summed E-state index contributed by atoms with van der Waals surface area (Å²) in [6, 6.07) is 0. The molecule has 0 radical (unpaired) electrons. The molecule has 0 bridgehead atoms. The summed E-state index contributed by atoms with van der Waals surface area (Å²) in [5, 5.41) is 0. The van der Waals surface area contributed by atoms with E-state index in [-0.39, 0.29) is 6.23 Å². The minimum atomic E-state index is 0.179. The van der Waals surface area contributed by atoms with Gasteiger partial charge in [0.1, 0.15) is 6.23 Å². The molecule has 1 aliphatic rings. The minimum Gasteiger partial charge on any atom is -0.376 e. The summed E-state index contributed by atoms with van der Waals surface area (Å²) in [7, 11) is 2.06. The van der Waals surface area contributed by atoms with Crippen LogP contribution in [0.4, 0.5) is 0 Å². The highest BCUT2D eigenvalue weighted by molar-refractivity contribution is 4.62. The maximum Gasteiger partial charge on any atom is 0.134 e. The zero-order chi connectivity index (χ0) is 7.40. The zero-order valence-corrected chi connectivity index (χ0v) is 6.67. The number of nitrogens with zero attached hydrogens (tertiary/aromatic N) is 1. The summed E-state index contributed by atoms with van der Waals surface area (Å²) >= 11 is 0. The highest BCUT2D eigenvalue weighted by atomic mass is 16.5. The summed E-state index contributed by atoms with van der Waals surface area (Å²) in [6.07, 6.45) is 0.179. The zero-order valence-electron chi connectivity index (χ0n) is 6.67. The van der Waals surface area contributed by atoms with Crippen LogP contribution in [0.1, 0.15) is 6.92 Å². The van der Waals surface area contributed by atoms with Crippen molar-refractivity contribution >= 4 is 0 Å². The highest BCUT2D eigenvalue weighted by Crippen LogP contribution is 2.04. The van der Waals surface area contributed by atoms with E-state index in [1.807, 2.05) is 6.92 Å². The molecule has 10 heavy (non-hydrogen) atoms. The Balaban J connectivity index is 2.25. The van der Waals surface area contributed by atoms with Crippen molar-refractivity contribution in [1.82, 2.24) is 4.90 Å². The van der Waals surface area contributed by atoms with Crippen LogP contribution in [0.3, 0.4) is 0 Å². The highest BCUT2D eigenvalue weighted by Gasteiger charge is 2.18. The Morgan fingerprint density at radius 1 is 1.70 bits per heavy atom. The van der Waals surface area contributed by atoms with Crippen LogP contribution in [-0.4, -0.2) is 44.5 Å². The SMILES string of the molecule is CCOC1COCCN1C. The minimum absolute atomic E-state index is 0.179. The second-order valence-corrected chi connectivity index (χ2v) is 2.47.